The van der Waals surface area contributed by atoms with Gasteiger partial charge in [-0.25, -0.2) is 0 Å². The number of nitrogens with two attached hydrogens (primary N) is 1. The van der Waals surface area contributed by atoms with Crippen molar-refractivity contribution in [1.29, 1.82) is 0 Å². The fourth-order valence-electron chi connectivity index (χ4n) is 1.03. The minimum Gasteiger partial charge on any atom is -0.331 e. The quantitative estimate of drug-likeness (QED) is 0.505. The van der Waals surface area contributed by atoms with Gasteiger partial charge in [0.05, 0.1) is 0 Å². The minimum atomic E-state index is -7.39. The molecule has 0 aromatic rings. The molecule has 0 aliphatic heterocycles. The smallest absolute Gasteiger partial charge is 0.331 e. The maximum Gasteiger partial charge on any atom is 0.438 e. The molecule has 0 atom stereocenters. The van der Waals surface area contributed by atoms with E-state index < -0.39 is 52.2 Å². The van der Waals surface area contributed by atoms with E-state index in [-0.39, 0.29) is 0 Å². The number of rotatable bonds is 6. The number of alkyl halides is 11. The summed E-state index contributed by atoms with van der Waals surface area (Å²) >= 11 is 0. The molecule has 0 amide bonds. The molecule has 0 aromatic carbocycles. The first kappa shape index (κ1) is 26.3. The summed E-state index contributed by atoms with van der Waals surface area (Å²) in [6.45, 7) is 2.65. The first-order valence-electron chi connectivity index (χ1n) is 5.87. The average molecular weight is 423 g/mol. The standard InChI is InChI=1S/C7H5F11O3S.C2H7N/c8-3(9,1-2-4(10,11)12)5(13,14)6(15,16)7(17,18)22(19,20)21;1-2-3/h1-2H2,(H,19,20,21);2-3H2,1H3. The number of hydrogen-bond acceptors (Lipinski definition) is 3. The molecule has 0 unspecified atom stereocenters. The van der Waals surface area contributed by atoms with Gasteiger partial charge in [0, 0.05) is 12.8 Å². The van der Waals surface area contributed by atoms with Crippen molar-refractivity contribution in [2.24, 2.45) is 5.73 Å². The lowest BCUT2D eigenvalue weighted by Gasteiger charge is -2.35. The van der Waals surface area contributed by atoms with Crippen LogP contribution in [0.1, 0.15) is 19.8 Å². The Morgan fingerprint density at radius 3 is 1.36 bits per heavy atom. The Kier molecular flexibility index (Phi) is 8.19. The van der Waals surface area contributed by atoms with Gasteiger partial charge in [-0.15, -0.1) is 0 Å². The predicted octanol–water partition coefficient (Wildman–Crippen LogP) is 3.68. The van der Waals surface area contributed by atoms with Crippen LogP contribution in [0.25, 0.3) is 0 Å². The Bertz CT molecular complexity index is 529. The monoisotopic (exact) mass is 423 g/mol. The van der Waals surface area contributed by atoms with Crippen LogP contribution < -0.4 is 5.73 Å². The molecule has 0 radical (unpaired) electrons. The maximum atomic E-state index is 12.9. The van der Waals surface area contributed by atoms with E-state index in [0.717, 1.165) is 6.54 Å². The van der Waals surface area contributed by atoms with Crippen LogP contribution in [-0.4, -0.2) is 48.7 Å². The normalized spacial score (nSPS) is 14.8. The zero-order valence-electron chi connectivity index (χ0n) is 12.0. The maximum absolute atomic E-state index is 12.9. The lowest BCUT2D eigenvalue weighted by molar-refractivity contribution is -0.351. The van der Waals surface area contributed by atoms with Crippen LogP contribution in [0.15, 0.2) is 0 Å². The average Bonchev–Trinajstić information content (AvgIpc) is 2.34. The third-order valence-electron chi connectivity index (χ3n) is 2.27. The summed E-state index contributed by atoms with van der Waals surface area (Å²) in [6, 6.07) is 0. The van der Waals surface area contributed by atoms with Gasteiger partial charge in [-0.2, -0.15) is 56.7 Å². The van der Waals surface area contributed by atoms with Crippen molar-refractivity contribution < 1.29 is 61.3 Å². The van der Waals surface area contributed by atoms with E-state index in [2.05, 4.69) is 0 Å². The summed E-state index contributed by atoms with van der Waals surface area (Å²) in [5, 5.41) is -7.06. The highest BCUT2D eigenvalue weighted by Gasteiger charge is 2.84. The third kappa shape index (κ3) is 5.80. The zero-order chi connectivity index (χ0) is 21.1. The Labute approximate surface area is 133 Å². The van der Waals surface area contributed by atoms with Gasteiger partial charge in [0.1, 0.15) is 0 Å². The Hall–Kier alpha value is -0.900. The van der Waals surface area contributed by atoms with Gasteiger partial charge in [0.2, 0.25) is 0 Å². The Balaban J connectivity index is 0. The van der Waals surface area contributed by atoms with Gasteiger partial charge >= 0.3 is 39.3 Å². The molecule has 0 saturated heterocycles. The second-order valence-corrected chi connectivity index (χ2v) is 5.83. The number of halogens is 11. The molecule has 0 aliphatic rings. The van der Waals surface area contributed by atoms with Gasteiger partial charge in [0.25, 0.3) is 0 Å². The minimum absolute atomic E-state index is 0.750. The molecule has 154 valence electrons. The van der Waals surface area contributed by atoms with E-state index in [4.69, 9.17) is 10.3 Å². The lowest BCUT2D eigenvalue weighted by Crippen LogP contribution is -2.64. The van der Waals surface area contributed by atoms with Crippen LogP contribution in [0.2, 0.25) is 0 Å². The van der Waals surface area contributed by atoms with Gasteiger partial charge in [-0.1, -0.05) is 6.92 Å². The molecule has 3 N–H and O–H groups in total. The van der Waals surface area contributed by atoms with Crippen molar-refractivity contribution in [2.45, 2.75) is 49.0 Å². The molecule has 0 aromatic heterocycles. The largest absolute Gasteiger partial charge is 0.438 e. The topological polar surface area (TPSA) is 80.4 Å². The fourth-order valence-corrected chi connectivity index (χ4v) is 1.48. The van der Waals surface area contributed by atoms with Crippen LogP contribution in [0.4, 0.5) is 48.3 Å². The molecule has 0 fully saturated rings. The van der Waals surface area contributed by atoms with Crippen molar-refractivity contribution in [3.05, 3.63) is 0 Å². The van der Waals surface area contributed by atoms with E-state index >= 15 is 0 Å². The molecule has 4 nitrogen and oxygen atoms in total. The van der Waals surface area contributed by atoms with Gasteiger partial charge in [-0.05, 0) is 6.54 Å². The van der Waals surface area contributed by atoms with Crippen LogP contribution in [-0.2, 0) is 10.1 Å². The van der Waals surface area contributed by atoms with Crippen molar-refractivity contribution in [1.82, 2.24) is 0 Å². The molecular weight excluding hydrogens is 411 g/mol. The molecular formula is C9H12F11NO3S. The molecule has 0 aliphatic carbocycles. The molecule has 25 heavy (non-hydrogen) atoms. The van der Waals surface area contributed by atoms with Crippen LogP contribution in [0.5, 0.6) is 0 Å². The second-order valence-electron chi connectivity index (χ2n) is 4.37. The van der Waals surface area contributed by atoms with Crippen LogP contribution in [0.3, 0.4) is 0 Å². The molecule has 16 heteroatoms. The van der Waals surface area contributed by atoms with Crippen molar-refractivity contribution in [3.8, 4) is 0 Å². The highest BCUT2D eigenvalue weighted by atomic mass is 32.2. The molecule has 0 bridgehead atoms. The summed E-state index contributed by atoms with van der Waals surface area (Å²) in [4.78, 5) is 0. The highest BCUT2D eigenvalue weighted by molar-refractivity contribution is 7.87. The van der Waals surface area contributed by atoms with Gasteiger partial charge < -0.3 is 5.73 Å². The van der Waals surface area contributed by atoms with E-state index in [1.165, 1.54) is 0 Å². The van der Waals surface area contributed by atoms with Crippen LogP contribution in [0, 0.1) is 0 Å². The number of hydrogen-bond donors (Lipinski definition) is 2. The SMILES string of the molecule is CCN.O=S(=O)(O)C(F)(F)C(F)(F)C(F)(F)C(F)(F)CCC(F)(F)F. The van der Waals surface area contributed by atoms with Crippen molar-refractivity contribution in [3.63, 3.8) is 0 Å². The first-order valence-corrected chi connectivity index (χ1v) is 7.31. The molecule has 0 heterocycles. The van der Waals surface area contributed by atoms with E-state index in [1.54, 1.807) is 0 Å². The second kappa shape index (κ2) is 7.77. The molecule has 0 rings (SSSR count). The predicted molar refractivity (Wildman–Crippen MR) is 61.4 cm³/mol. The van der Waals surface area contributed by atoms with Crippen LogP contribution >= 0.6 is 0 Å². The summed E-state index contributed by atoms with van der Waals surface area (Å²) in [7, 11) is -7.27. The van der Waals surface area contributed by atoms with Gasteiger partial charge in [-0.3, -0.25) is 4.55 Å². The van der Waals surface area contributed by atoms with Gasteiger partial charge in [0.15, 0.2) is 0 Å². The highest BCUT2D eigenvalue weighted by Crippen LogP contribution is 2.55. The summed E-state index contributed by atoms with van der Waals surface area (Å²) in [5.74, 6) is -20.9. The summed E-state index contributed by atoms with van der Waals surface area (Å²) < 4.78 is 165. The molecule has 0 spiro atoms. The first-order chi connectivity index (χ1) is 10.6. The zero-order valence-corrected chi connectivity index (χ0v) is 12.8. The van der Waals surface area contributed by atoms with E-state index in [0.29, 0.717) is 0 Å². The van der Waals surface area contributed by atoms with Crippen molar-refractivity contribution in [2.75, 3.05) is 6.54 Å². The van der Waals surface area contributed by atoms with E-state index in [9.17, 15) is 56.7 Å². The van der Waals surface area contributed by atoms with E-state index in [1.807, 2.05) is 6.92 Å². The summed E-state index contributed by atoms with van der Waals surface area (Å²) in [6.07, 6.45) is -11.2. The Morgan fingerprint density at radius 2 is 1.12 bits per heavy atom. The third-order valence-corrected chi connectivity index (χ3v) is 3.17. The Morgan fingerprint density at radius 1 is 0.800 bits per heavy atom. The summed E-state index contributed by atoms with van der Waals surface area (Å²) in [5.41, 5.74) is 4.85. The van der Waals surface area contributed by atoms with Crippen molar-refractivity contribution >= 4 is 10.1 Å². The lowest BCUT2D eigenvalue weighted by atomic mass is 10.00. The molecule has 0 saturated carbocycles. The fraction of sp³-hybridized carbons (Fsp3) is 1.00.